The first-order valence-corrected chi connectivity index (χ1v) is 7.03. The number of rotatable bonds is 3. The SMILES string of the molecule is CCn1nc(C)c(N)c1Nc1ccc(I)cc1Cl. The monoisotopic (exact) mass is 376 g/mol. The Hall–Kier alpha value is -0.950. The van der Waals surface area contributed by atoms with Gasteiger partial charge in [-0.3, -0.25) is 0 Å². The molecule has 3 N–H and O–H groups in total. The van der Waals surface area contributed by atoms with E-state index in [1.54, 1.807) is 0 Å². The number of halogens is 2. The summed E-state index contributed by atoms with van der Waals surface area (Å²) in [5.74, 6) is 0.790. The second kappa shape index (κ2) is 5.36. The lowest BCUT2D eigenvalue weighted by Gasteiger charge is -2.11. The average Bonchev–Trinajstić information content (AvgIpc) is 2.60. The molecule has 0 aliphatic rings. The zero-order chi connectivity index (χ0) is 13.3. The van der Waals surface area contributed by atoms with Crippen molar-refractivity contribution in [3.63, 3.8) is 0 Å². The van der Waals surface area contributed by atoms with Crippen molar-refractivity contribution in [2.75, 3.05) is 11.1 Å². The van der Waals surface area contributed by atoms with Gasteiger partial charge in [-0.25, -0.2) is 4.68 Å². The summed E-state index contributed by atoms with van der Waals surface area (Å²) in [6.45, 7) is 4.66. The predicted molar refractivity (Wildman–Crippen MR) is 84.5 cm³/mol. The molecule has 0 fully saturated rings. The topological polar surface area (TPSA) is 55.9 Å². The average molecular weight is 377 g/mol. The van der Waals surface area contributed by atoms with Gasteiger partial charge in [0.1, 0.15) is 0 Å². The van der Waals surface area contributed by atoms with Crippen LogP contribution in [0.25, 0.3) is 0 Å². The van der Waals surface area contributed by atoms with Crippen LogP contribution in [-0.2, 0) is 6.54 Å². The highest BCUT2D eigenvalue weighted by Crippen LogP contribution is 2.30. The van der Waals surface area contributed by atoms with Crippen molar-refractivity contribution in [3.05, 3.63) is 32.5 Å². The molecule has 0 bridgehead atoms. The fourth-order valence-electron chi connectivity index (χ4n) is 1.67. The third-order valence-corrected chi connectivity index (χ3v) is 3.64. The van der Waals surface area contributed by atoms with Crippen LogP contribution in [0.15, 0.2) is 18.2 Å². The molecule has 0 unspecified atom stereocenters. The number of nitrogen functional groups attached to an aromatic ring is 1. The molecule has 0 saturated heterocycles. The standard InChI is InChI=1S/C12H14ClIN4/c1-3-18-12(11(15)7(2)17-18)16-10-5-4-8(14)6-9(10)13/h4-6,16H,3,15H2,1-2H3. The maximum atomic E-state index is 6.20. The molecule has 1 aromatic heterocycles. The molecule has 0 amide bonds. The Bertz CT molecular complexity index is 580. The van der Waals surface area contributed by atoms with Crippen molar-refractivity contribution < 1.29 is 0 Å². The molecule has 18 heavy (non-hydrogen) atoms. The minimum absolute atomic E-state index is 0.659. The Labute approximate surface area is 125 Å². The third kappa shape index (κ3) is 2.56. The molecule has 96 valence electrons. The molecule has 0 atom stereocenters. The first-order chi connectivity index (χ1) is 8.52. The number of hydrogen-bond donors (Lipinski definition) is 2. The fourth-order valence-corrected chi connectivity index (χ4v) is 2.58. The molecule has 4 nitrogen and oxygen atoms in total. The van der Waals surface area contributed by atoms with Gasteiger partial charge in [0, 0.05) is 10.1 Å². The lowest BCUT2D eigenvalue weighted by molar-refractivity contribution is 0.661. The van der Waals surface area contributed by atoms with Gasteiger partial charge in [0.15, 0.2) is 5.82 Å². The summed E-state index contributed by atoms with van der Waals surface area (Å²) in [6, 6.07) is 5.83. The van der Waals surface area contributed by atoms with E-state index in [1.165, 1.54) is 0 Å². The van der Waals surface area contributed by atoms with E-state index < -0.39 is 0 Å². The maximum Gasteiger partial charge on any atom is 0.152 e. The molecule has 1 aromatic carbocycles. The Morgan fingerprint density at radius 2 is 2.22 bits per heavy atom. The summed E-state index contributed by atoms with van der Waals surface area (Å²) in [5.41, 5.74) is 8.33. The van der Waals surface area contributed by atoms with Crippen LogP contribution in [0.5, 0.6) is 0 Å². The highest BCUT2D eigenvalue weighted by Gasteiger charge is 2.12. The van der Waals surface area contributed by atoms with E-state index in [1.807, 2.05) is 36.7 Å². The normalized spacial score (nSPS) is 10.7. The summed E-state index contributed by atoms with van der Waals surface area (Å²) in [5, 5.41) is 8.27. The number of aryl methyl sites for hydroxylation is 2. The van der Waals surface area contributed by atoms with Gasteiger partial charge in [0.05, 0.1) is 22.1 Å². The molecule has 0 spiro atoms. The smallest absolute Gasteiger partial charge is 0.152 e. The van der Waals surface area contributed by atoms with E-state index >= 15 is 0 Å². The van der Waals surface area contributed by atoms with Crippen LogP contribution in [0.3, 0.4) is 0 Å². The molecule has 0 aliphatic heterocycles. The number of nitrogens with two attached hydrogens (primary N) is 1. The Balaban J connectivity index is 2.39. The van der Waals surface area contributed by atoms with E-state index in [4.69, 9.17) is 17.3 Å². The van der Waals surface area contributed by atoms with Crippen LogP contribution in [0, 0.1) is 10.5 Å². The first kappa shape index (κ1) is 13.5. The number of nitrogens with zero attached hydrogens (tertiary/aromatic N) is 2. The number of benzene rings is 1. The molecule has 1 heterocycles. The number of aromatic nitrogens is 2. The first-order valence-electron chi connectivity index (χ1n) is 5.58. The zero-order valence-electron chi connectivity index (χ0n) is 10.2. The van der Waals surface area contributed by atoms with E-state index in [0.29, 0.717) is 10.7 Å². The third-order valence-electron chi connectivity index (χ3n) is 2.66. The number of anilines is 3. The van der Waals surface area contributed by atoms with Gasteiger partial charge in [-0.15, -0.1) is 0 Å². The molecule has 0 radical (unpaired) electrons. The second-order valence-electron chi connectivity index (χ2n) is 3.91. The minimum Gasteiger partial charge on any atom is -0.394 e. The number of hydrogen-bond acceptors (Lipinski definition) is 3. The van der Waals surface area contributed by atoms with Gasteiger partial charge in [0.2, 0.25) is 0 Å². The van der Waals surface area contributed by atoms with Crippen LogP contribution in [0.4, 0.5) is 17.2 Å². The fraction of sp³-hybridized carbons (Fsp3) is 0.250. The van der Waals surface area contributed by atoms with Crippen molar-refractivity contribution in [1.29, 1.82) is 0 Å². The van der Waals surface area contributed by atoms with Crippen molar-refractivity contribution >= 4 is 51.4 Å². The van der Waals surface area contributed by atoms with Gasteiger partial charge in [-0.1, -0.05) is 11.6 Å². The molecular weight excluding hydrogens is 363 g/mol. The van der Waals surface area contributed by atoms with Crippen LogP contribution in [0.1, 0.15) is 12.6 Å². The summed E-state index contributed by atoms with van der Waals surface area (Å²) in [4.78, 5) is 0. The zero-order valence-corrected chi connectivity index (χ0v) is 13.1. The lowest BCUT2D eigenvalue weighted by Crippen LogP contribution is -2.04. The summed E-state index contributed by atoms with van der Waals surface area (Å²) in [7, 11) is 0. The minimum atomic E-state index is 0.659. The quantitative estimate of drug-likeness (QED) is 0.801. The van der Waals surface area contributed by atoms with Gasteiger partial charge < -0.3 is 11.1 Å². The van der Waals surface area contributed by atoms with Crippen LogP contribution >= 0.6 is 34.2 Å². The summed E-state index contributed by atoms with van der Waals surface area (Å²) in [6.07, 6.45) is 0. The number of nitrogens with one attached hydrogen (secondary N) is 1. The van der Waals surface area contributed by atoms with Gasteiger partial charge in [-0.2, -0.15) is 5.10 Å². The molecular formula is C12H14ClIN4. The summed E-state index contributed by atoms with van der Waals surface area (Å²) < 4.78 is 2.93. The summed E-state index contributed by atoms with van der Waals surface area (Å²) >= 11 is 8.42. The predicted octanol–water partition coefficient (Wildman–Crippen LogP) is 3.80. The van der Waals surface area contributed by atoms with Gasteiger partial charge in [0.25, 0.3) is 0 Å². The van der Waals surface area contributed by atoms with Crippen molar-refractivity contribution in [3.8, 4) is 0 Å². The maximum absolute atomic E-state index is 6.20. The molecule has 0 aliphatic carbocycles. The lowest BCUT2D eigenvalue weighted by atomic mass is 10.3. The van der Waals surface area contributed by atoms with Crippen molar-refractivity contribution in [2.45, 2.75) is 20.4 Å². The molecule has 2 aromatic rings. The van der Waals surface area contributed by atoms with E-state index in [2.05, 4.69) is 33.0 Å². The van der Waals surface area contributed by atoms with Crippen LogP contribution < -0.4 is 11.1 Å². The van der Waals surface area contributed by atoms with Crippen LogP contribution in [0.2, 0.25) is 5.02 Å². The highest BCUT2D eigenvalue weighted by molar-refractivity contribution is 14.1. The largest absolute Gasteiger partial charge is 0.394 e. The highest BCUT2D eigenvalue weighted by atomic mass is 127. The van der Waals surface area contributed by atoms with Crippen molar-refractivity contribution in [2.24, 2.45) is 0 Å². The Kier molecular flexibility index (Phi) is 4.01. The van der Waals surface area contributed by atoms with E-state index in [-0.39, 0.29) is 0 Å². The Morgan fingerprint density at radius 1 is 1.50 bits per heavy atom. The van der Waals surface area contributed by atoms with E-state index in [9.17, 15) is 0 Å². The van der Waals surface area contributed by atoms with Gasteiger partial charge >= 0.3 is 0 Å². The molecule has 0 saturated carbocycles. The Morgan fingerprint density at radius 3 is 2.83 bits per heavy atom. The van der Waals surface area contributed by atoms with E-state index in [0.717, 1.165) is 27.3 Å². The van der Waals surface area contributed by atoms with Crippen molar-refractivity contribution in [1.82, 2.24) is 9.78 Å². The molecule has 6 heteroatoms. The van der Waals surface area contributed by atoms with Crippen LogP contribution in [-0.4, -0.2) is 9.78 Å². The second-order valence-corrected chi connectivity index (χ2v) is 5.57. The molecule has 2 rings (SSSR count). The van der Waals surface area contributed by atoms with Gasteiger partial charge in [-0.05, 0) is 54.6 Å².